The zero-order valence-electron chi connectivity index (χ0n) is 8.17. The number of hydrogen-bond acceptors (Lipinski definition) is 2. The van der Waals surface area contributed by atoms with E-state index in [0.29, 0.717) is 5.69 Å². The van der Waals surface area contributed by atoms with Gasteiger partial charge in [-0.05, 0) is 41.9 Å². The number of anilines is 1. The fraction of sp³-hybridized carbons (Fsp3) is 0.273. The molecule has 0 saturated heterocycles. The first-order valence-corrected chi connectivity index (χ1v) is 5.24. The lowest BCUT2D eigenvalue weighted by atomic mass is 10.0. The number of hydrogen-bond donors (Lipinski definition) is 1. The highest BCUT2D eigenvalue weighted by Gasteiger charge is 2.22. The van der Waals surface area contributed by atoms with Gasteiger partial charge < -0.3 is 10.5 Å². The quantitative estimate of drug-likeness (QED) is 0.721. The van der Waals surface area contributed by atoms with Crippen molar-refractivity contribution in [3.05, 3.63) is 28.2 Å². The Kier molecular flexibility index (Phi) is 2.07. The number of fused-ring (bicyclic) bond motifs is 1. The SMILES string of the molecule is CC1(C)C=Cc2cc(Br)c(N)cc2O1. The Morgan fingerprint density at radius 3 is 2.79 bits per heavy atom. The predicted molar refractivity (Wildman–Crippen MR) is 62.3 cm³/mol. The number of halogens is 1. The van der Waals surface area contributed by atoms with Gasteiger partial charge in [-0.15, -0.1) is 0 Å². The van der Waals surface area contributed by atoms with Crippen molar-refractivity contribution in [2.75, 3.05) is 5.73 Å². The van der Waals surface area contributed by atoms with Crippen LogP contribution in [0.15, 0.2) is 22.7 Å². The molecule has 2 rings (SSSR count). The van der Waals surface area contributed by atoms with Crippen molar-refractivity contribution < 1.29 is 4.74 Å². The standard InChI is InChI=1S/C11H12BrNO/c1-11(2)4-3-7-5-8(12)9(13)6-10(7)14-11/h3-6H,13H2,1-2H3. The molecule has 2 N–H and O–H groups in total. The summed E-state index contributed by atoms with van der Waals surface area (Å²) in [5.74, 6) is 0.846. The van der Waals surface area contributed by atoms with Gasteiger partial charge in [0.25, 0.3) is 0 Å². The van der Waals surface area contributed by atoms with E-state index in [2.05, 4.69) is 22.0 Å². The normalized spacial score (nSPS) is 17.4. The third kappa shape index (κ3) is 1.64. The van der Waals surface area contributed by atoms with Crippen molar-refractivity contribution in [2.45, 2.75) is 19.4 Å². The Balaban J connectivity index is 2.52. The lowest BCUT2D eigenvalue weighted by Gasteiger charge is -2.28. The van der Waals surface area contributed by atoms with Crippen LogP contribution in [0.3, 0.4) is 0 Å². The molecule has 0 spiro atoms. The number of nitrogen functional groups attached to an aromatic ring is 1. The molecule has 0 amide bonds. The molecule has 0 fully saturated rings. The fourth-order valence-electron chi connectivity index (χ4n) is 1.41. The molecule has 14 heavy (non-hydrogen) atoms. The van der Waals surface area contributed by atoms with Gasteiger partial charge >= 0.3 is 0 Å². The van der Waals surface area contributed by atoms with E-state index >= 15 is 0 Å². The second-order valence-corrected chi connectivity index (χ2v) is 4.80. The summed E-state index contributed by atoms with van der Waals surface area (Å²) in [6, 6.07) is 3.82. The van der Waals surface area contributed by atoms with Gasteiger partial charge in [0.2, 0.25) is 0 Å². The molecular weight excluding hydrogens is 242 g/mol. The van der Waals surface area contributed by atoms with E-state index in [0.717, 1.165) is 15.8 Å². The van der Waals surface area contributed by atoms with Gasteiger partial charge in [-0.2, -0.15) is 0 Å². The molecule has 1 aromatic carbocycles. The average molecular weight is 254 g/mol. The predicted octanol–water partition coefficient (Wildman–Crippen LogP) is 3.22. The lowest BCUT2D eigenvalue weighted by molar-refractivity contribution is 0.159. The molecule has 0 aromatic heterocycles. The molecule has 3 heteroatoms. The van der Waals surface area contributed by atoms with Crippen molar-refractivity contribution in [3.63, 3.8) is 0 Å². The van der Waals surface area contributed by atoms with Crippen LogP contribution in [0, 0.1) is 0 Å². The topological polar surface area (TPSA) is 35.2 Å². The third-order valence-electron chi connectivity index (χ3n) is 2.17. The third-order valence-corrected chi connectivity index (χ3v) is 2.85. The highest BCUT2D eigenvalue weighted by Crippen LogP contribution is 2.35. The Labute approximate surface area is 91.9 Å². The zero-order valence-corrected chi connectivity index (χ0v) is 9.76. The van der Waals surface area contributed by atoms with Crippen LogP contribution in [0.1, 0.15) is 19.4 Å². The molecule has 1 heterocycles. The van der Waals surface area contributed by atoms with Crippen LogP contribution in [-0.4, -0.2) is 5.60 Å². The summed E-state index contributed by atoms with van der Waals surface area (Å²) >= 11 is 3.39. The molecule has 1 aromatic rings. The van der Waals surface area contributed by atoms with Crippen molar-refractivity contribution >= 4 is 27.7 Å². The summed E-state index contributed by atoms with van der Waals surface area (Å²) in [7, 11) is 0. The molecule has 0 unspecified atom stereocenters. The first kappa shape index (κ1) is 9.59. The van der Waals surface area contributed by atoms with Crippen LogP contribution in [0.25, 0.3) is 6.08 Å². The van der Waals surface area contributed by atoms with E-state index in [9.17, 15) is 0 Å². The van der Waals surface area contributed by atoms with Crippen LogP contribution < -0.4 is 10.5 Å². The molecule has 0 radical (unpaired) electrons. The van der Waals surface area contributed by atoms with Crippen LogP contribution in [-0.2, 0) is 0 Å². The van der Waals surface area contributed by atoms with Crippen LogP contribution in [0.5, 0.6) is 5.75 Å². The van der Waals surface area contributed by atoms with Gasteiger partial charge in [0, 0.05) is 21.8 Å². The van der Waals surface area contributed by atoms with E-state index in [1.54, 1.807) is 0 Å². The van der Waals surface area contributed by atoms with E-state index in [4.69, 9.17) is 10.5 Å². The number of nitrogens with two attached hydrogens (primary N) is 1. The second-order valence-electron chi connectivity index (χ2n) is 3.95. The van der Waals surface area contributed by atoms with Gasteiger partial charge in [-0.25, -0.2) is 0 Å². The summed E-state index contributed by atoms with van der Waals surface area (Å²) in [6.45, 7) is 4.04. The number of rotatable bonds is 0. The Morgan fingerprint density at radius 2 is 2.07 bits per heavy atom. The van der Waals surface area contributed by atoms with Crippen molar-refractivity contribution in [1.82, 2.24) is 0 Å². The van der Waals surface area contributed by atoms with Gasteiger partial charge in [0.1, 0.15) is 11.4 Å². The smallest absolute Gasteiger partial charge is 0.129 e. The summed E-state index contributed by atoms with van der Waals surface area (Å²) in [5.41, 5.74) is 7.30. The summed E-state index contributed by atoms with van der Waals surface area (Å²) < 4.78 is 6.67. The molecule has 2 nitrogen and oxygen atoms in total. The van der Waals surface area contributed by atoms with E-state index in [-0.39, 0.29) is 5.60 Å². The maximum Gasteiger partial charge on any atom is 0.129 e. The maximum atomic E-state index is 5.78. The minimum absolute atomic E-state index is 0.243. The van der Waals surface area contributed by atoms with Crippen LogP contribution >= 0.6 is 15.9 Å². The van der Waals surface area contributed by atoms with E-state index in [1.807, 2.05) is 32.1 Å². The Hall–Kier alpha value is -0.960. The molecule has 1 aliphatic rings. The molecule has 0 atom stereocenters. The minimum Gasteiger partial charge on any atom is -0.483 e. The molecular formula is C11H12BrNO. The molecule has 0 saturated carbocycles. The van der Waals surface area contributed by atoms with Crippen molar-refractivity contribution in [3.8, 4) is 5.75 Å². The lowest BCUT2D eigenvalue weighted by Crippen LogP contribution is -2.27. The van der Waals surface area contributed by atoms with Gasteiger partial charge in [-0.3, -0.25) is 0 Å². The summed E-state index contributed by atoms with van der Waals surface area (Å²) in [5, 5.41) is 0. The first-order valence-electron chi connectivity index (χ1n) is 4.45. The Morgan fingerprint density at radius 1 is 1.36 bits per heavy atom. The molecule has 0 bridgehead atoms. The van der Waals surface area contributed by atoms with Crippen molar-refractivity contribution in [1.29, 1.82) is 0 Å². The largest absolute Gasteiger partial charge is 0.483 e. The molecule has 74 valence electrons. The van der Waals surface area contributed by atoms with Crippen LogP contribution in [0.2, 0.25) is 0 Å². The highest BCUT2D eigenvalue weighted by atomic mass is 79.9. The van der Waals surface area contributed by atoms with Gasteiger partial charge in [0.05, 0.1) is 0 Å². The molecule has 1 aliphatic heterocycles. The summed E-state index contributed by atoms with van der Waals surface area (Å²) in [6.07, 6.45) is 4.10. The van der Waals surface area contributed by atoms with Crippen molar-refractivity contribution in [2.24, 2.45) is 0 Å². The fourth-order valence-corrected chi connectivity index (χ4v) is 1.77. The monoisotopic (exact) mass is 253 g/mol. The zero-order chi connectivity index (χ0) is 10.3. The second kappa shape index (κ2) is 3.02. The van der Waals surface area contributed by atoms with E-state index < -0.39 is 0 Å². The average Bonchev–Trinajstić information content (AvgIpc) is 2.07. The molecule has 0 aliphatic carbocycles. The summed E-state index contributed by atoms with van der Waals surface area (Å²) in [4.78, 5) is 0. The Bertz CT molecular complexity index is 410. The van der Waals surface area contributed by atoms with Gasteiger partial charge in [-0.1, -0.05) is 6.08 Å². The van der Waals surface area contributed by atoms with E-state index in [1.165, 1.54) is 0 Å². The first-order chi connectivity index (χ1) is 6.48. The van der Waals surface area contributed by atoms with Crippen LogP contribution in [0.4, 0.5) is 5.69 Å². The number of benzene rings is 1. The highest BCUT2D eigenvalue weighted by molar-refractivity contribution is 9.10. The van der Waals surface area contributed by atoms with Gasteiger partial charge in [0.15, 0.2) is 0 Å². The number of ether oxygens (including phenoxy) is 1. The maximum absolute atomic E-state index is 5.78. The minimum atomic E-state index is -0.243.